The highest BCUT2D eigenvalue weighted by molar-refractivity contribution is 7.99. The number of rotatable bonds is 4. The molecule has 86 valence electrons. The average molecular weight is 236 g/mol. The molecule has 16 heavy (non-hydrogen) atoms. The van der Waals surface area contributed by atoms with E-state index >= 15 is 0 Å². The smallest absolute Gasteiger partial charge is 0.181 e. The van der Waals surface area contributed by atoms with E-state index in [0.29, 0.717) is 6.54 Å². The number of aromatic nitrogens is 3. The van der Waals surface area contributed by atoms with Crippen LogP contribution in [0.25, 0.3) is 0 Å². The van der Waals surface area contributed by atoms with E-state index in [4.69, 9.17) is 6.42 Å². The van der Waals surface area contributed by atoms with E-state index in [1.54, 1.807) is 11.8 Å². The molecule has 1 rings (SSSR count). The first-order valence-electron chi connectivity index (χ1n) is 5.16. The van der Waals surface area contributed by atoms with Gasteiger partial charge in [0.15, 0.2) is 6.54 Å². The van der Waals surface area contributed by atoms with E-state index in [1.807, 2.05) is 10.8 Å². The molecule has 0 spiro atoms. The van der Waals surface area contributed by atoms with Crippen LogP contribution in [0.15, 0.2) is 17.8 Å². The van der Waals surface area contributed by atoms with Gasteiger partial charge >= 0.3 is 11.0 Å². The molecule has 1 aromatic heterocycles. The third-order valence-corrected chi connectivity index (χ3v) is 2.81. The van der Waals surface area contributed by atoms with Crippen LogP contribution in [-0.2, 0) is 12.0 Å². The van der Waals surface area contributed by atoms with Gasteiger partial charge in [0.1, 0.15) is 0 Å². The second kappa shape index (κ2) is 5.22. The third-order valence-electron chi connectivity index (χ3n) is 1.95. The monoisotopic (exact) mass is 236 g/mol. The van der Waals surface area contributed by atoms with Crippen LogP contribution in [0.1, 0.15) is 26.6 Å². The van der Waals surface area contributed by atoms with Gasteiger partial charge in [-0.1, -0.05) is 23.8 Å². The van der Waals surface area contributed by atoms with Crippen LogP contribution in [0.2, 0.25) is 0 Å². The Balaban J connectivity index is 3.01. The molecule has 0 aliphatic carbocycles. The zero-order valence-corrected chi connectivity index (χ0v) is 10.9. The number of hydrogen-bond donors (Lipinski definition) is 1. The van der Waals surface area contributed by atoms with Crippen LogP contribution in [0.4, 0.5) is 0 Å². The van der Waals surface area contributed by atoms with Crippen molar-refractivity contribution in [2.45, 2.75) is 37.9 Å². The quantitative estimate of drug-likeness (QED) is 0.375. The summed E-state index contributed by atoms with van der Waals surface area (Å²) in [6.45, 7) is 10.6. The SMILES string of the molecule is C#CC[n+]1[nH]c(SCC=C)nc1C(C)(C)C. The molecule has 0 saturated carbocycles. The Labute approximate surface area is 101 Å². The summed E-state index contributed by atoms with van der Waals surface area (Å²) in [6.07, 6.45) is 7.20. The Morgan fingerprint density at radius 2 is 2.31 bits per heavy atom. The van der Waals surface area contributed by atoms with Gasteiger partial charge in [0.2, 0.25) is 0 Å². The summed E-state index contributed by atoms with van der Waals surface area (Å²) in [6, 6.07) is 0. The Kier molecular flexibility index (Phi) is 4.19. The van der Waals surface area contributed by atoms with Gasteiger partial charge in [-0.2, -0.15) is 5.10 Å². The van der Waals surface area contributed by atoms with Crippen molar-refractivity contribution in [3.8, 4) is 12.3 Å². The predicted octanol–water partition coefficient (Wildman–Crippen LogP) is 1.91. The molecule has 0 radical (unpaired) electrons. The fraction of sp³-hybridized carbons (Fsp3) is 0.500. The van der Waals surface area contributed by atoms with Crippen molar-refractivity contribution in [1.82, 2.24) is 10.1 Å². The van der Waals surface area contributed by atoms with Gasteiger partial charge in [0.05, 0.1) is 5.41 Å². The maximum atomic E-state index is 5.34. The molecule has 0 saturated heterocycles. The first kappa shape index (κ1) is 12.9. The van der Waals surface area contributed by atoms with Crippen molar-refractivity contribution in [2.24, 2.45) is 0 Å². The fourth-order valence-electron chi connectivity index (χ4n) is 1.33. The first-order valence-corrected chi connectivity index (χ1v) is 6.15. The van der Waals surface area contributed by atoms with E-state index in [1.165, 1.54) is 0 Å². The molecule has 0 aliphatic heterocycles. The Morgan fingerprint density at radius 3 is 2.81 bits per heavy atom. The summed E-state index contributed by atoms with van der Waals surface area (Å²) in [5.41, 5.74) is -0.0136. The molecule has 0 amide bonds. The van der Waals surface area contributed by atoms with Gasteiger partial charge in [-0.15, -0.1) is 17.7 Å². The molecule has 0 aromatic carbocycles. The maximum Gasteiger partial charge on any atom is 0.326 e. The van der Waals surface area contributed by atoms with Gasteiger partial charge in [-0.05, 0) is 25.8 Å². The van der Waals surface area contributed by atoms with E-state index in [0.717, 1.165) is 16.7 Å². The highest BCUT2D eigenvalue weighted by Crippen LogP contribution is 2.20. The summed E-state index contributed by atoms with van der Waals surface area (Å²) < 4.78 is 1.92. The Bertz CT molecular complexity index is 407. The summed E-state index contributed by atoms with van der Waals surface area (Å²) >= 11 is 1.62. The van der Waals surface area contributed by atoms with Gasteiger partial charge < -0.3 is 0 Å². The minimum absolute atomic E-state index is 0.0136. The molecule has 1 aromatic rings. The molecule has 4 heteroatoms. The van der Waals surface area contributed by atoms with Gasteiger partial charge in [0, 0.05) is 5.75 Å². The lowest BCUT2D eigenvalue weighted by molar-refractivity contribution is -0.751. The number of H-pyrrole nitrogens is 1. The normalized spacial score (nSPS) is 11.1. The van der Waals surface area contributed by atoms with Crippen LogP contribution in [0, 0.1) is 12.3 Å². The zero-order chi connectivity index (χ0) is 12.2. The van der Waals surface area contributed by atoms with E-state index in [2.05, 4.69) is 43.4 Å². The molecule has 0 fully saturated rings. The van der Waals surface area contributed by atoms with Gasteiger partial charge in [-0.25, -0.2) is 0 Å². The predicted molar refractivity (Wildman–Crippen MR) is 67.2 cm³/mol. The molecule has 1 N–H and O–H groups in total. The number of terminal acetylenes is 1. The highest BCUT2D eigenvalue weighted by atomic mass is 32.2. The molecule has 0 aliphatic rings. The van der Waals surface area contributed by atoms with Crippen LogP contribution < -0.4 is 4.68 Å². The van der Waals surface area contributed by atoms with Crippen LogP contribution in [-0.4, -0.2) is 15.8 Å². The highest BCUT2D eigenvalue weighted by Gasteiger charge is 2.31. The summed E-state index contributed by atoms with van der Waals surface area (Å²) in [4.78, 5) is 4.56. The topological polar surface area (TPSA) is 32.6 Å². The van der Waals surface area contributed by atoms with Crippen molar-refractivity contribution in [3.63, 3.8) is 0 Å². The molecule has 0 bridgehead atoms. The zero-order valence-electron chi connectivity index (χ0n) is 10.1. The number of hydrogen-bond acceptors (Lipinski definition) is 2. The standard InChI is InChI=1S/C12H17N3S/c1-6-8-15-10(12(3,4)5)13-11(14-15)16-9-7-2/h1,7H,2,8-9H2,3-5H3/p+1. The second-order valence-corrected chi connectivity index (χ2v) is 5.50. The Morgan fingerprint density at radius 1 is 1.62 bits per heavy atom. The van der Waals surface area contributed by atoms with Crippen molar-refractivity contribution >= 4 is 11.8 Å². The minimum Gasteiger partial charge on any atom is -0.181 e. The number of thioether (sulfide) groups is 1. The molecule has 0 atom stereocenters. The largest absolute Gasteiger partial charge is 0.326 e. The van der Waals surface area contributed by atoms with Crippen molar-refractivity contribution in [3.05, 3.63) is 18.5 Å². The lowest BCUT2D eigenvalue weighted by Crippen LogP contribution is -2.43. The lowest BCUT2D eigenvalue weighted by Gasteiger charge is -2.09. The number of nitrogens with one attached hydrogen (secondary N) is 1. The molecular weight excluding hydrogens is 218 g/mol. The molecule has 3 nitrogen and oxygen atoms in total. The summed E-state index contributed by atoms with van der Waals surface area (Å²) in [5, 5.41) is 4.09. The first-order chi connectivity index (χ1) is 7.49. The van der Waals surface area contributed by atoms with E-state index < -0.39 is 0 Å². The van der Waals surface area contributed by atoms with Crippen molar-refractivity contribution < 1.29 is 4.68 Å². The average Bonchev–Trinajstić information content (AvgIpc) is 2.58. The summed E-state index contributed by atoms with van der Waals surface area (Å²) in [7, 11) is 0. The van der Waals surface area contributed by atoms with Gasteiger partial charge in [0.25, 0.3) is 0 Å². The number of nitrogens with zero attached hydrogens (tertiary/aromatic N) is 2. The second-order valence-electron chi connectivity index (χ2n) is 4.49. The van der Waals surface area contributed by atoms with E-state index in [-0.39, 0.29) is 5.41 Å². The Hall–Kier alpha value is -1.21. The molecular formula is C12H18N3S+. The van der Waals surface area contributed by atoms with Gasteiger partial charge in [-0.3, -0.25) is 0 Å². The molecule has 1 heterocycles. The minimum atomic E-state index is -0.0136. The summed E-state index contributed by atoms with van der Waals surface area (Å²) in [5.74, 6) is 4.45. The lowest BCUT2D eigenvalue weighted by atomic mass is 9.96. The van der Waals surface area contributed by atoms with Crippen molar-refractivity contribution in [1.29, 1.82) is 0 Å². The van der Waals surface area contributed by atoms with Crippen LogP contribution >= 0.6 is 11.8 Å². The van der Waals surface area contributed by atoms with Crippen molar-refractivity contribution in [2.75, 3.05) is 5.75 Å². The third kappa shape index (κ3) is 3.14. The maximum absolute atomic E-state index is 5.34. The number of aromatic amines is 1. The molecule has 0 unspecified atom stereocenters. The fourth-order valence-corrected chi connectivity index (χ4v) is 1.93. The van der Waals surface area contributed by atoms with Crippen LogP contribution in [0.3, 0.4) is 0 Å². The van der Waals surface area contributed by atoms with Crippen LogP contribution in [0.5, 0.6) is 0 Å². The van der Waals surface area contributed by atoms with E-state index in [9.17, 15) is 0 Å².